The molecule has 0 N–H and O–H groups in total. The van der Waals surface area contributed by atoms with Gasteiger partial charge in [-0.2, -0.15) is 0 Å². The molecule has 2 atom stereocenters. The summed E-state index contributed by atoms with van der Waals surface area (Å²) in [5, 5.41) is 1.06. The summed E-state index contributed by atoms with van der Waals surface area (Å²) >= 11 is 3.47. The largest absolute Gasteiger partial charge is 0.339 e. The van der Waals surface area contributed by atoms with Crippen molar-refractivity contribution < 1.29 is 4.79 Å². The molecule has 16 heavy (non-hydrogen) atoms. The number of amides is 1. The maximum Gasteiger partial charge on any atom is 0.225 e. The van der Waals surface area contributed by atoms with Crippen LogP contribution in [-0.2, 0) is 4.79 Å². The molecule has 1 saturated carbocycles. The van der Waals surface area contributed by atoms with E-state index in [4.69, 9.17) is 0 Å². The van der Waals surface area contributed by atoms with E-state index >= 15 is 0 Å². The lowest BCUT2D eigenvalue weighted by atomic mass is 10.0. The molecule has 1 heterocycles. The lowest BCUT2D eigenvalue weighted by Gasteiger charge is -2.27. The molecule has 1 saturated heterocycles. The fourth-order valence-electron chi connectivity index (χ4n) is 2.80. The molecule has 2 fully saturated rings. The van der Waals surface area contributed by atoms with E-state index in [2.05, 4.69) is 27.8 Å². The molecule has 3 heteroatoms. The topological polar surface area (TPSA) is 20.3 Å². The summed E-state index contributed by atoms with van der Waals surface area (Å²) in [6.07, 6.45) is 7.33. The minimum Gasteiger partial charge on any atom is -0.339 e. The normalized spacial score (nSPS) is 27.1. The lowest BCUT2D eigenvalue weighted by Crippen LogP contribution is -2.39. The number of hydrogen-bond donors (Lipinski definition) is 0. The number of rotatable bonds is 5. The highest BCUT2D eigenvalue weighted by Crippen LogP contribution is 2.38. The van der Waals surface area contributed by atoms with Crippen LogP contribution in [0, 0.1) is 11.8 Å². The molecule has 92 valence electrons. The number of hydrogen-bond acceptors (Lipinski definition) is 1. The smallest absolute Gasteiger partial charge is 0.225 e. The van der Waals surface area contributed by atoms with Gasteiger partial charge < -0.3 is 4.90 Å². The maximum absolute atomic E-state index is 12.3. The van der Waals surface area contributed by atoms with Gasteiger partial charge in [0.15, 0.2) is 0 Å². The minimum absolute atomic E-state index is 0.282. The van der Waals surface area contributed by atoms with Crippen molar-refractivity contribution in [2.75, 3.05) is 11.9 Å². The quantitative estimate of drug-likeness (QED) is 0.711. The summed E-state index contributed by atoms with van der Waals surface area (Å²) in [6, 6.07) is 0.534. The van der Waals surface area contributed by atoms with Crippen LogP contribution < -0.4 is 0 Å². The Morgan fingerprint density at radius 2 is 2.19 bits per heavy atom. The molecule has 2 rings (SSSR count). The second-order valence-electron chi connectivity index (χ2n) is 5.28. The van der Waals surface area contributed by atoms with Crippen molar-refractivity contribution in [1.82, 2.24) is 4.90 Å². The van der Waals surface area contributed by atoms with Gasteiger partial charge in [0.25, 0.3) is 0 Å². The van der Waals surface area contributed by atoms with Crippen LogP contribution in [0.5, 0.6) is 0 Å². The monoisotopic (exact) mass is 287 g/mol. The number of nitrogens with zero attached hydrogens (tertiary/aromatic N) is 1. The molecule has 0 bridgehead atoms. The van der Waals surface area contributed by atoms with Crippen molar-refractivity contribution in [3.63, 3.8) is 0 Å². The first-order valence-corrected chi connectivity index (χ1v) is 7.72. The molecule has 0 aromatic rings. The van der Waals surface area contributed by atoms with Gasteiger partial charge in [-0.15, -0.1) is 0 Å². The fraction of sp³-hybridized carbons (Fsp3) is 0.923. The van der Waals surface area contributed by atoms with Crippen molar-refractivity contribution >= 4 is 21.8 Å². The molecule has 0 aromatic heterocycles. The second-order valence-corrected chi connectivity index (χ2v) is 6.08. The van der Waals surface area contributed by atoms with E-state index < -0.39 is 0 Å². The van der Waals surface area contributed by atoms with E-state index in [1.54, 1.807) is 0 Å². The standard InChI is InChI=1S/C13H22BrNO/c1-10(11-6-7-11)13(16)15-9-3-5-12(15)4-2-8-14/h10-12H,2-9H2,1H3. The average molecular weight is 288 g/mol. The Balaban J connectivity index is 1.88. The van der Waals surface area contributed by atoms with Crippen LogP contribution in [0.15, 0.2) is 0 Å². The molecule has 1 aliphatic heterocycles. The highest BCUT2D eigenvalue weighted by Gasteiger charge is 2.38. The van der Waals surface area contributed by atoms with E-state index in [1.165, 1.54) is 38.5 Å². The van der Waals surface area contributed by atoms with Crippen molar-refractivity contribution in [2.45, 2.75) is 51.5 Å². The van der Waals surface area contributed by atoms with Crippen molar-refractivity contribution in [3.8, 4) is 0 Å². The van der Waals surface area contributed by atoms with Gasteiger partial charge in [0, 0.05) is 23.8 Å². The van der Waals surface area contributed by atoms with Crippen LogP contribution in [0.2, 0.25) is 0 Å². The third kappa shape index (κ3) is 2.79. The number of likely N-dealkylation sites (tertiary alicyclic amines) is 1. The van der Waals surface area contributed by atoms with Crippen LogP contribution in [-0.4, -0.2) is 28.7 Å². The zero-order valence-electron chi connectivity index (χ0n) is 10.1. The molecule has 2 nitrogen and oxygen atoms in total. The van der Waals surface area contributed by atoms with E-state index in [0.717, 1.165) is 11.9 Å². The van der Waals surface area contributed by atoms with Crippen LogP contribution in [0.3, 0.4) is 0 Å². The van der Waals surface area contributed by atoms with Crippen molar-refractivity contribution in [2.24, 2.45) is 11.8 Å². The summed E-state index contributed by atoms with van der Waals surface area (Å²) in [5.41, 5.74) is 0. The van der Waals surface area contributed by atoms with E-state index in [-0.39, 0.29) is 5.92 Å². The van der Waals surface area contributed by atoms with Gasteiger partial charge >= 0.3 is 0 Å². The number of alkyl halides is 1. The Morgan fingerprint density at radius 3 is 2.81 bits per heavy atom. The van der Waals surface area contributed by atoms with E-state index in [1.807, 2.05) is 0 Å². The molecule has 2 unspecified atom stereocenters. The summed E-state index contributed by atoms with van der Waals surface area (Å²) in [6.45, 7) is 3.13. The van der Waals surface area contributed by atoms with Gasteiger partial charge in [0.05, 0.1) is 0 Å². The minimum atomic E-state index is 0.282. The summed E-state index contributed by atoms with van der Waals surface area (Å²) in [5.74, 6) is 1.41. The summed E-state index contributed by atoms with van der Waals surface area (Å²) < 4.78 is 0. The zero-order chi connectivity index (χ0) is 11.5. The fourth-order valence-corrected chi connectivity index (χ4v) is 3.12. The highest BCUT2D eigenvalue weighted by molar-refractivity contribution is 9.09. The predicted octanol–water partition coefficient (Wildman–Crippen LogP) is 3.20. The highest BCUT2D eigenvalue weighted by atomic mass is 79.9. The Hall–Kier alpha value is -0.0500. The predicted molar refractivity (Wildman–Crippen MR) is 69.7 cm³/mol. The van der Waals surface area contributed by atoms with Crippen molar-refractivity contribution in [3.05, 3.63) is 0 Å². The SMILES string of the molecule is CC(C(=O)N1CCCC1CCCBr)C1CC1. The molecule has 0 radical (unpaired) electrons. The third-order valence-electron chi connectivity index (χ3n) is 4.05. The average Bonchev–Trinajstić information content (AvgIpc) is 3.04. The number of carbonyl (C=O) groups excluding carboxylic acids is 1. The first-order valence-electron chi connectivity index (χ1n) is 6.60. The van der Waals surface area contributed by atoms with E-state index in [0.29, 0.717) is 17.9 Å². The molecular formula is C13H22BrNO. The zero-order valence-corrected chi connectivity index (χ0v) is 11.7. The third-order valence-corrected chi connectivity index (χ3v) is 4.61. The molecule has 0 aromatic carbocycles. The van der Waals surface area contributed by atoms with Gasteiger partial charge in [-0.1, -0.05) is 22.9 Å². The van der Waals surface area contributed by atoms with Crippen LogP contribution in [0.25, 0.3) is 0 Å². The molecular weight excluding hydrogens is 266 g/mol. The van der Waals surface area contributed by atoms with Crippen LogP contribution in [0.1, 0.15) is 45.4 Å². The molecule has 1 aliphatic carbocycles. The van der Waals surface area contributed by atoms with Gasteiger partial charge in [-0.25, -0.2) is 0 Å². The number of carbonyl (C=O) groups is 1. The van der Waals surface area contributed by atoms with Crippen molar-refractivity contribution in [1.29, 1.82) is 0 Å². The molecule has 1 amide bonds. The Morgan fingerprint density at radius 1 is 1.44 bits per heavy atom. The first-order chi connectivity index (χ1) is 7.74. The first kappa shape index (κ1) is 12.4. The van der Waals surface area contributed by atoms with Crippen LogP contribution >= 0.6 is 15.9 Å². The maximum atomic E-state index is 12.3. The molecule has 2 aliphatic rings. The Bertz CT molecular complexity index is 252. The van der Waals surface area contributed by atoms with Crippen LogP contribution in [0.4, 0.5) is 0 Å². The molecule has 0 spiro atoms. The lowest BCUT2D eigenvalue weighted by molar-refractivity contribution is -0.136. The summed E-state index contributed by atoms with van der Waals surface area (Å²) in [4.78, 5) is 14.5. The van der Waals surface area contributed by atoms with Gasteiger partial charge in [-0.3, -0.25) is 4.79 Å². The second kappa shape index (κ2) is 5.52. The van der Waals surface area contributed by atoms with Gasteiger partial charge in [0.2, 0.25) is 5.91 Å². The Kier molecular flexibility index (Phi) is 4.28. The van der Waals surface area contributed by atoms with Gasteiger partial charge in [0.1, 0.15) is 0 Å². The Labute approximate surface area is 107 Å². The number of halogens is 1. The van der Waals surface area contributed by atoms with E-state index in [9.17, 15) is 4.79 Å². The summed E-state index contributed by atoms with van der Waals surface area (Å²) in [7, 11) is 0. The van der Waals surface area contributed by atoms with Gasteiger partial charge in [-0.05, 0) is 44.4 Å².